The molecular formula is C18H29ClN4O4S. The lowest BCUT2D eigenvalue weighted by atomic mass is 9.84. The molecule has 1 aliphatic heterocycles. The average molecular weight is 433 g/mol. The normalized spacial score (nSPS) is 20.3. The summed E-state index contributed by atoms with van der Waals surface area (Å²) in [7, 11) is -3.61. The van der Waals surface area contributed by atoms with E-state index >= 15 is 0 Å². The van der Waals surface area contributed by atoms with Crippen molar-refractivity contribution in [3.8, 4) is 0 Å². The lowest BCUT2D eigenvalue weighted by Gasteiger charge is -2.24. The molecule has 0 aliphatic carbocycles. The molecule has 1 heterocycles. The smallest absolute Gasteiger partial charge is 0.240 e. The van der Waals surface area contributed by atoms with Crippen LogP contribution in [0.15, 0.2) is 34.2 Å². The fourth-order valence-electron chi connectivity index (χ4n) is 2.96. The first-order chi connectivity index (χ1) is 13.4. The van der Waals surface area contributed by atoms with Crippen LogP contribution in [0.2, 0.25) is 5.02 Å². The largest absolute Gasteiger partial charge is 0.396 e. The van der Waals surface area contributed by atoms with E-state index in [4.69, 9.17) is 16.3 Å². The van der Waals surface area contributed by atoms with Gasteiger partial charge < -0.3 is 20.5 Å². The van der Waals surface area contributed by atoms with Crippen molar-refractivity contribution in [1.29, 1.82) is 0 Å². The number of sulfonamides is 1. The number of benzene rings is 1. The Hall–Kier alpha value is -1.39. The molecular weight excluding hydrogens is 404 g/mol. The summed E-state index contributed by atoms with van der Waals surface area (Å²) in [6.07, 6.45) is 1.52. The van der Waals surface area contributed by atoms with E-state index in [1.54, 1.807) is 12.1 Å². The summed E-state index contributed by atoms with van der Waals surface area (Å²) in [4.78, 5) is 4.73. The van der Waals surface area contributed by atoms with Gasteiger partial charge in [0.2, 0.25) is 10.0 Å². The molecule has 1 saturated heterocycles. The van der Waals surface area contributed by atoms with Crippen LogP contribution in [-0.4, -0.2) is 65.5 Å². The third-order valence-electron chi connectivity index (χ3n) is 4.56. The molecule has 28 heavy (non-hydrogen) atoms. The van der Waals surface area contributed by atoms with Crippen molar-refractivity contribution in [2.45, 2.75) is 24.7 Å². The summed E-state index contributed by atoms with van der Waals surface area (Å²) in [5, 5.41) is 15.9. The summed E-state index contributed by atoms with van der Waals surface area (Å²) in [6.45, 7) is 5.13. The Balaban J connectivity index is 1.87. The highest BCUT2D eigenvalue weighted by Gasteiger charge is 2.34. The van der Waals surface area contributed by atoms with E-state index in [0.29, 0.717) is 50.3 Å². The van der Waals surface area contributed by atoms with Gasteiger partial charge in [-0.2, -0.15) is 0 Å². The van der Waals surface area contributed by atoms with Gasteiger partial charge in [0.1, 0.15) is 0 Å². The molecule has 0 saturated carbocycles. The number of aliphatic hydroxyl groups excluding tert-OH is 1. The Bertz CT molecular complexity index is 752. The van der Waals surface area contributed by atoms with Crippen molar-refractivity contribution in [2.75, 3.05) is 46.0 Å². The molecule has 2 rings (SSSR count). The number of aliphatic hydroxyl groups is 1. The molecule has 1 fully saturated rings. The van der Waals surface area contributed by atoms with Crippen molar-refractivity contribution in [1.82, 2.24) is 15.4 Å². The molecule has 8 nitrogen and oxygen atoms in total. The van der Waals surface area contributed by atoms with Crippen molar-refractivity contribution in [3.05, 3.63) is 29.3 Å². The van der Waals surface area contributed by atoms with E-state index in [-0.39, 0.29) is 23.5 Å². The molecule has 4 N–H and O–H groups in total. The van der Waals surface area contributed by atoms with Gasteiger partial charge in [-0.05, 0) is 38.0 Å². The minimum absolute atomic E-state index is 0.105. The summed E-state index contributed by atoms with van der Waals surface area (Å²) in [6, 6.07) is 6.13. The van der Waals surface area contributed by atoms with Crippen molar-refractivity contribution in [2.24, 2.45) is 10.4 Å². The first kappa shape index (κ1) is 22.9. The third kappa shape index (κ3) is 6.89. The van der Waals surface area contributed by atoms with Crippen LogP contribution in [0.4, 0.5) is 0 Å². The van der Waals surface area contributed by atoms with Crippen LogP contribution in [0.5, 0.6) is 0 Å². The van der Waals surface area contributed by atoms with Gasteiger partial charge in [-0.3, -0.25) is 4.99 Å². The van der Waals surface area contributed by atoms with Crippen LogP contribution < -0.4 is 15.4 Å². The Kier molecular flexibility index (Phi) is 8.97. The van der Waals surface area contributed by atoms with Gasteiger partial charge in [0.15, 0.2) is 5.96 Å². The zero-order valence-corrected chi connectivity index (χ0v) is 17.7. The molecule has 1 aromatic carbocycles. The number of nitrogens with one attached hydrogen (secondary N) is 3. The molecule has 1 unspecified atom stereocenters. The zero-order chi connectivity index (χ0) is 20.5. The number of hydrogen-bond acceptors (Lipinski definition) is 5. The Morgan fingerprint density at radius 1 is 1.36 bits per heavy atom. The first-order valence-corrected chi connectivity index (χ1v) is 11.2. The molecule has 158 valence electrons. The topological polar surface area (TPSA) is 112 Å². The van der Waals surface area contributed by atoms with Crippen LogP contribution in [-0.2, 0) is 14.8 Å². The maximum atomic E-state index is 12.3. The van der Waals surface area contributed by atoms with Gasteiger partial charge >= 0.3 is 0 Å². The van der Waals surface area contributed by atoms with Crippen molar-refractivity contribution < 1.29 is 18.3 Å². The van der Waals surface area contributed by atoms with E-state index in [1.165, 1.54) is 12.1 Å². The Morgan fingerprint density at radius 3 is 2.82 bits per heavy atom. The molecule has 0 amide bonds. The second-order valence-electron chi connectivity index (χ2n) is 6.75. The lowest BCUT2D eigenvalue weighted by molar-refractivity contribution is 0.131. The van der Waals surface area contributed by atoms with Crippen LogP contribution >= 0.6 is 11.6 Å². The molecule has 1 atom stereocenters. The van der Waals surface area contributed by atoms with Crippen LogP contribution in [0.3, 0.4) is 0 Å². The minimum Gasteiger partial charge on any atom is -0.396 e. The number of guanidine groups is 1. The van der Waals surface area contributed by atoms with Gasteiger partial charge in [0.25, 0.3) is 0 Å². The Morgan fingerprint density at radius 2 is 2.18 bits per heavy atom. The molecule has 0 radical (unpaired) electrons. The van der Waals surface area contributed by atoms with E-state index in [2.05, 4.69) is 20.3 Å². The van der Waals surface area contributed by atoms with E-state index in [1.807, 2.05) is 6.92 Å². The number of aliphatic imine (C=N–C) groups is 1. The summed E-state index contributed by atoms with van der Waals surface area (Å²) < 4.78 is 32.6. The number of rotatable bonds is 10. The standard InChI is InChI=1S/C18H29ClN4O4S/c1-2-20-17(22-13-18(6-10-24)7-11-27-14-18)21-8-9-23-28(25,26)16-5-3-4-15(19)12-16/h3-5,12,23-24H,2,6-11,13-14H2,1H3,(H2,20,21,22). The summed E-state index contributed by atoms with van der Waals surface area (Å²) >= 11 is 5.86. The van der Waals surface area contributed by atoms with Gasteiger partial charge in [-0.15, -0.1) is 0 Å². The quantitative estimate of drug-likeness (QED) is 0.249. The second-order valence-corrected chi connectivity index (χ2v) is 8.96. The molecule has 1 aliphatic rings. The van der Waals surface area contributed by atoms with Gasteiger partial charge in [-0.25, -0.2) is 13.1 Å². The van der Waals surface area contributed by atoms with Crippen LogP contribution in [0, 0.1) is 5.41 Å². The zero-order valence-electron chi connectivity index (χ0n) is 16.1. The van der Waals surface area contributed by atoms with Crippen molar-refractivity contribution in [3.63, 3.8) is 0 Å². The van der Waals surface area contributed by atoms with Crippen LogP contribution in [0.1, 0.15) is 19.8 Å². The fourth-order valence-corrected chi connectivity index (χ4v) is 4.29. The predicted octanol–water partition coefficient (Wildman–Crippen LogP) is 0.963. The Labute approximate surface area is 171 Å². The molecule has 0 spiro atoms. The number of ether oxygens (including phenoxy) is 1. The van der Waals surface area contributed by atoms with Gasteiger partial charge in [0.05, 0.1) is 18.0 Å². The second kappa shape index (κ2) is 11.0. The highest BCUT2D eigenvalue weighted by Crippen LogP contribution is 2.32. The van der Waals surface area contributed by atoms with E-state index < -0.39 is 10.0 Å². The molecule has 10 heteroatoms. The lowest BCUT2D eigenvalue weighted by Crippen LogP contribution is -2.42. The highest BCUT2D eigenvalue weighted by atomic mass is 35.5. The molecule has 0 bridgehead atoms. The maximum absolute atomic E-state index is 12.3. The third-order valence-corrected chi connectivity index (χ3v) is 6.25. The number of nitrogens with zero attached hydrogens (tertiary/aromatic N) is 1. The first-order valence-electron chi connectivity index (χ1n) is 9.37. The number of halogens is 1. The maximum Gasteiger partial charge on any atom is 0.240 e. The highest BCUT2D eigenvalue weighted by molar-refractivity contribution is 7.89. The SMILES string of the molecule is CCNC(=NCC1(CCO)CCOC1)NCCNS(=O)(=O)c1cccc(Cl)c1. The summed E-state index contributed by atoms with van der Waals surface area (Å²) in [5.41, 5.74) is -0.134. The monoisotopic (exact) mass is 432 g/mol. The van der Waals surface area contributed by atoms with Crippen LogP contribution in [0.25, 0.3) is 0 Å². The van der Waals surface area contributed by atoms with E-state index in [9.17, 15) is 13.5 Å². The predicted molar refractivity (Wildman–Crippen MR) is 110 cm³/mol. The minimum atomic E-state index is -3.61. The number of hydrogen-bond donors (Lipinski definition) is 4. The fraction of sp³-hybridized carbons (Fsp3) is 0.611. The van der Waals surface area contributed by atoms with E-state index in [0.717, 1.165) is 6.42 Å². The summed E-state index contributed by atoms with van der Waals surface area (Å²) in [5.74, 6) is 0.605. The molecule has 1 aromatic rings. The molecule has 0 aromatic heterocycles. The van der Waals surface area contributed by atoms with Crippen molar-refractivity contribution >= 4 is 27.6 Å². The van der Waals surface area contributed by atoms with Gasteiger partial charge in [-0.1, -0.05) is 17.7 Å². The average Bonchev–Trinajstić information content (AvgIpc) is 3.12. The van der Waals surface area contributed by atoms with Gasteiger partial charge in [0, 0.05) is 43.3 Å².